The molecule has 0 saturated heterocycles. The fraction of sp³-hybridized carbons (Fsp3) is 0.200. The minimum absolute atomic E-state index is 0.0926. The molecule has 4 nitrogen and oxygen atoms in total. The third-order valence-corrected chi connectivity index (χ3v) is 3.34. The van der Waals surface area contributed by atoms with Crippen LogP contribution in [0.4, 0.5) is 0 Å². The monoisotopic (exact) mass is 252 g/mol. The Morgan fingerprint density at radius 2 is 2.11 bits per heavy atom. The Morgan fingerprint density at radius 1 is 1.32 bits per heavy atom. The second-order valence-electron chi connectivity index (χ2n) is 4.78. The van der Waals surface area contributed by atoms with Crippen molar-refractivity contribution in [2.75, 3.05) is 0 Å². The molecule has 1 aromatic carbocycles. The highest BCUT2D eigenvalue weighted by Gasteiger charge is 2.26. The summed E-state index contributed by atoms with van der Waals surface area (Å²) >= 11 is 0. The van der Waals surface area contributed by atoms with E-state index < -0.39 is 0 Å². The van der Waals surface area contributed by atoms with Crippen molar-refractivity contribution in [2.45, 2.75) is 18.8 Å². The third-order valence-electron chi connectivity index (χ3n) is 3.34. The SMILES string of the molecule is N#Cc1c(-c2cccc(O)c2)cc(C2CC2)[nH]c1=O. The van der Waals surface area contributed by atoms with Gasteiger partial charge in [0.05, 0.1) is 0 Å². The summed E-state index contributed by atoms with van der Waals surface area (Å²) in [5.74, 6) is 0.520. The molecule has 1 aromatic heterocycles. The van der Waals surface area contributed by atoms with Crippen LogP contribution < -0.4 is 5.56 Å². The van der Waals surface area contributed by atoms with Crippen molar-refractivity contribution in [3.8, 4) is 22.9 Å². The molecule has 0 amide bonds. The molecule has 0 spiro atoms. The number of nitriles is 1. The molecule has 1 aliphatic carbocycles. The Kier molecular flexibility index (Phi) is 2.60. The average molecular weight is 252 g/mol. The van der Waals surface area contributed by atoms with Crippen LogP contribution in [-0.2, 0) is 0 Å². The van der Waals surface area contributed by atoms with Gasteiger partial charge in [-0.1, -0.05) is 12.1 Å². The van der Waals surface area contributed by atoms with Gasteiger partial charge >= 0.3 is 0 Å². The number of hydrogen-bond acceptors (Lipinski definition) is 3. The van der Waals surface area contributed by atoms with E-state index in [-0.39, 0.29) is 16.9 Å². The molecule has 1 saturated carbocycles. The van der Waals surface area contributed by atoms with Crippen LogP contribution in [0.3, 0.4) is 0 Å². The van der Waals surface area contributed by atoms with E-state index >= 15 is 0 Å². The molecule has 1 fully saturated rings. The summed E-state index contributed by atoms with van der Waals surface area (Å²) in [4.78, 5) is 14.7. The molecule has 0 bridgehead atoms. The number of H-pyrrole nitrogens is 1. The molecule has 1 aliphatic rings. The van der Waals surface area contributed by atoms with Gasteiger partial charge in [-0.3, -0.25) is 4.79 Å². The number of pyridine rings is 1. The third kappa shape index (κ3) is 2.11. The van der Waals surface area contributed by atoms with Gasteiger partial charge in [-0.05, 0) is 42.5 Å². The molecule has 3 rings (SSSR count). The first-order valence-electron chi connectivity index (χ1n) is 6.16. The van der Waals surface area contributed by atoms with Crippen LogP contribution in [0.2, 0.25) is 0 Å². The summed E-state index contributed by atoms with van der Waals surface area (Å²) in [6.45, 7) is 0. The van der Waals surface area contributed by atoms with E-state index in [1.165, 1.54) is 0 Å². The number of aromatic amines is 1. The van der Waals surface area contributed by atoms with E-state index in [1.807, 2.05) is 12.1 Å². The van der Waals surface area contributed by atoms with E-state index in [9.17, 15) is 9.90 Å². The van der Waals surface area contributed by atoms with E-state index in [1.54, 1.807) is 24.3 Å². The summed E-state index contributed by atoms with van der Waals surface area (Å²) in [5.41, 5.74) is 1.89. The molecule has 0 unspecified atom stereocenters. The van der Waals surface area contributed by atoms with Crippen LogP contribution in [0.1, 0.15) is 30.0 Å². The Morgan fingerprint density at radius 3 is 2.74 bits per heavy atom. The molecule has 0 aliphatic heterocycles. The molecule has 2 N–H and O–H groups in total. The number of aromatic hydroxyl groups is 1. The lowest BCUT2D eigenvalue weighted by Gasteiger charge is -2.07. The van der Waals surface area contributed by atoms with E-state index in [0.717, 1.165) is 18.5 Å². The number of rotatable bonds is 2. The first-order chi connectivity index (χ1) is 9.19. The quantitative estimate of drug-likeness (QED) is 0.862. The normalized spacial score (nSPS) is 14.1. The van der Waals surface area contributed by atoms with Crippen LogP contribution in [0.15, 0.2) is 35.1 Å². The summed E-state index contributed by atoms with van der Waals surface area (Å²) in [6, 6.07) is 10.4. The maximum atomic E-state index is 11.9. The summed E-state index contributed by atoms with van der Waals surface area (Å²) in [7, 11) is 0. The number of phenols is 1. The van der Waals surface area contributed by atoms with Crippen molar-refractivity contribution >= 4 is 0 Å². The van der Waals surface area contributed by atoms with Crippen LogP contribution >= 0.6 is 0 Å². The number of nitrogens with zero attached hydrogens (tertiary/aromatic N) is 1. The topological polar surface area (TPSA) is 76.9 Å². The number of aromatic nitrogens is 1. The van der Waals surface area contributed by atoms with Crippen molar-refractivity contribution < 1.29 is 5.11 Å². The Hall–Kier alpha value is -2.54. The molecule has 4 heteroatoms. The first kappa shape index (κ1) is 11.5. The molecule has 19 heavy (non-hydrogen) atoms. The van der Waals surface area contributed by atoms with Gasteiger partial charge in [-0.25, -0.2) is 0 Å². The average Bonchev–Trinajstić information content (AvgIpc) is 3.22. The largest absolute Gasteiger partial charge is 0.508 e. The van der Waals surface area contributed by atoms with Gasteiger partial charge in [0.2, 0.25) is 0 Å². The van der Waals surface area contributed by atoms with Crippen LogP contribution in [0.25, 0.3) is 11.1 Å². The molecule has 2 aromatic rings. The van der Waals surface area contributed by atoms with Gasteiger partial charge in [0, 0.05) is 11.3 Å². The Labute approximate surface area is 110 Å². The highest BCUT2D eigenvalue weighted by atomic mass is 16.3. The van der Waals surface area contributed by atoms with E-state index in [2.05, 4.69) is 4.98 Å². The van der Waals surface area contributed by atoms with Gasteiger partial charge < -0.3 is 10.1 Å². The van der Waals surface area contributed by atoms with Crippen molar-refractivity contribution in [1.82, 2.24) is 4.98 Å². The molecule has 0 radical (unpaired) electrons. The standard InChI is InChI=1S/C15H12N2O2/c16-8-13-12(10-2-1-3-11(18)6-10)7-14(9-4-5-9)17-15(13)19/h1-3,6-7,9,18H,4-5H2,(H,17,19). The molecule has 0 atom stereocenters. The van der Waals surface area contributed by atoms with Gasteiger partial charge in [-0.15, -0.1) is 0 Å². The zero-order chi connectivity index (χ0) is 13.4. The lowest BCUT2D eigenvalue weighted by Crippen LogP contribution is -2.13. The predicted octanol–water partition coefficient (Wildman–Crippen LogP) is 2.50. The molecular formula is C15H12N2O2. The van der Waals surface area contributed by atoms with Gasteiger partial charge in [0.1, 0.15) is 17.4 Å². The minimum atomic E-state index is -0.356. The molecular weight excluding hydrogens is 240 g/mol. The highest BCUT2D eigenvalue weighted by Crippen LogP contribution is 2.40. The summed E-state index contributed by atoms with van der Waals surface area (Å²) < 4.78 is 0. The predicted molar refractivity (Wildman–Crippen MR) is 70.9 cm³/mol. The second-order valence-corrected chi connectivity index (χ2v) is 4.78. The van der Waals surface area contributed by atoms with Crippen molar-refractivity contribution in [3.63, 3.8) is 0 Å². The number of nitrogens with one attached hydrogen (secondary N) is 1. The van der Waals surface area contributed by atoms with Crippen LogP contribution in [0, 0.1) is 11.3 Å². The fourth-order valence-corrected chi connectivity index (χ4v) is 2.21. The lowest BCUT2D eigenvalue weighted by molar-refractivity contribution is 0.475. The van der Waals surface area contributed by atoms with Crippen molar-refractivity contribution in [2.24, 2.45) is 0 Å². The number of hydrogen-bond donors (Lipinski definition) is 2. The zero-order valence-corrected chi connectivity index (χ0v) is 10.2. The van der Waals surface area contributed by atoms with Gasteiger partial charge in [-0.2, -0.15) is 5.26 Å². The van der Waals surface area contributed by atoms with Crippen LogP contribution in [-0.4, -0.2) is 10.1 Å². The Bertz CT molecular complexity index is 737. The zero-order valence-electron chi connectivity index (χ0n) is 10.2. The first-order valence-corrected chi connectivity index (χ1v) is 6.16. The van der Waals surface area contributed by atoms with Crippen molar-refractivity contribution in [1.29, 1.82) is 5.26 Å². The van der Waals surface area contributed by atoms with Gasteiger partial charge in [0.25, 0.3) is 5.56 Å². The number of benzene rings is 1. The highest BCUT2D eigenvalue weighted by molar-refractivity contribution is 5.71. The second kappa shape index (κ2) is 4.29. The van der Waals surface area contributed by atoms with Crippen molar-refractivity contribution in [3.05, 3.63) is 51.9 Å². The molecule has 94 valence electrons. The maximum Gasteiger partial charge on any atom is 0.266 e. The Balaban J connectivity index is 2.23. The van der Waals surface area contributed by atoms with Gasteiger partial charge in [0.15, 0.2) is 0 Å². The summed E-state index contributed by atoms with van der Waals surface area (Å²) in [6.07, 6.45) is 2.14. The fourth-order valence-electron chi connectivity index (χ4n) is 2.21. The lowest BCUT2D eigenvalue weighted by atomic mass is 10.00. The maximum absolute atomic E-state index is 11.9. The molecule has 1 heterocycles. The summed E-state index contributed by atoms with van der Waals surface area (Å²) in [5, 5.41) is 18.7. The van der Waals surface area contributed by atoms with Crippen LogP contribution in [0.5, 0.6) is 5.75 Å². The number of phenolic OH excluding ortho intramolecular Hbond substituents is 1. The van der Waals surface area contributed by atoms with E-state index in [0.29, 0.717) is 17.0 Å². The smallest absolute Gasteiger partial charge is 0.266 e. The minimum Gasteiger partial charge on any atom is -0.508 e. The van der Waals surface area contributed by atoms with E-state index in [4.69, 9.17) is 5.26 Å².